The lowest BCUT2D eigenvalue weighted by Crippen LogP contribution is -2.45. The number of thiophene rings is 1. The summed E-state index contributed by atoms with van der Waals surface area (Å²) >= 11 is 1.43. The van der Waals surface area contributed by atoms with E-state index in [1.165, 1.54) is 22.3 Å². The van der Waals surface area contributed by atoms with Crippen molar-refractivity contribution in [2.24, 2.45) is 11.8 Å². The molecule has 2 amide bonds. The first-order chi connectivity index (χ1) is 10.1. The molecule has 0 aromatic carbocycles. The van der Waals surface area contributed by atoms with Gasteiger partial charge in [0, 0.05) is 22.8 Å². The summed E-state index contributed by atoms with van der Waals surface area (Å²) in [6.07, 6.45) is 4.88. The van der Waals surface area contributed by atoms with Crippen LogP contribution in [0.15, 0.2) is 17.5 Å². The van der Waals surface area contributed by atoms with Crippen LogP contribution in [0, 0.1) is 11.8 Å². The minimum absolute atomic E-state index is 0.00864. The van der Waals surface area contributed by atoms with E-state index in [1.54, 1.807) is 6.07 Å². The summed E-state index contributed by atoms with van der Waals surface area (Å²) in [6, 6.07) is 1.80. The normalized spacial score (nSPS) is 25.0. The zero-order chi connectivity index (χ0) is 15.0. The molecule has 2 aliphatic rings. The molecule has 1 aromatic rings. The summed E-state index contributed by atoms with van der Waals surface area (Å²) in [5.74, 6) is -1.18. The second kappa shape index (κ2) is 5.44. The number of rotatable bonds is 4. The van der Waals surface area contributed by atoms with Gasteiger partial charge in [-0.15, -0.1) is 11.3 Å². The van der Waals surface area contributed by atoms with Gasteiger partial charge in [-0.05, 0) is 42.3 Å². The highest BCUT2D eigenvalue weighted by atomic mass is 32.1. The monoisotopic (exact) mass is 305 g/mol. The van der Waals surface area contributed by atoms with E-state index in [1.807, 2.05) is 5.38 Å². The lowest BCUT2D eigenvalue weighted by atomic mass is 9.97. The standard InChI is InChI=1S/C15H15NO4S/c17-13(18)4-3-9-5-6-21-12(9)8-16-14(19)10-1-2-11(7-10)15(16)20/h3-6,10-11H,1-2,7-8H2,(H,17,18)/b4-3+. The van der Waals surface area contributed by atoms with Gasteiger partial charge in [0.25, 0.3) is 0 Å². The largest absolute Gasteiger partial charge is 0.478 e. The van der Waals surface area contributed by atoms with Crippen LogP contribution >= 0.6 is 11.3 Å². The van der Waals surface area contributed by atoms with E-state index in [0.717, 1.165) is 29.4 Å². The van der Waals surface area contributed by atoms with Crippen LogP contribution in [-0.4, -0.2) is 27.8 Å². The van der Waals surface area contributed by atoms with Crippen molar-refractivity contribution >= 4 is 35.2 Å². The number of hydrogen-bond acceptors (Lipinski definition) is 4. The molecule has 2 atom stereocenters. The Morgan fingerprint density at radius 2 is 2.00 bits per heavy atom. The predicted octanol–water partition coefficient (Wildman–Crippen LogP) is 2.13. The zero-order valence-corrected chi connectivity index (χ0v) is 12.1. The first kappa shape index (κ1) is 14.0. The van der Waals surface area contributed by atoms with E-state index in [2.05, 4.69) is 0 Å². The van der Waals surface area contributed by atoms with Crippen molar-refractivity contribution in [2.45, 2.75) is 25.8 Å². The topological polar surface area (TPSA) is 74.7 Å². The quantitative estimate of drug-likeness (QED) is 0.683. The molecule has 2 unspecified atom stereocenters. The molecule has 0 spiro atoms. The van der Waals surface area contributed by atoms with Gasteiger partial charge in [0.1, 0.15) is 0 Å². The van der Waals surface area contributed by atoms with Crippen LogP contribution in [0.2, 0.25) is 0 Å². The minimum Gasteiger partial charge on any atom is -0.478 e. The Morgan fingerprint density at radius 3 is 2.62 bits per heavy atom. The Hall–Kier alpha value is -1.95. The molecule has 1 N–H and O–H groups in total. The van der Waals surface area contributed by atoms with E-state index < -0.39 is 5.97 Å². The minimum atomic E-state index is -1.02. The second-order valence-corrected chi connectivity index (χ2v) is 6.44. The van der Waals surface area contributed by atoms with Crippen LogP contribution in [-0.2, 0) is 20.9 Å². The van der Waals surface area contributed by atoms with Crippen LogP contribution in [0.4, 0.5) is 0 Å². The Kier molecular flexibility index (Phi) is 3.63. The lowest BCUT2D eigenvalue weighted by Gasteiger charge is -2.29. The van der Waals surface area contributed by atoms with Crippen LogP contribution < -0.4 is 0 Å². The van der Waals surface area contributed by atoms with Gasteiger partial charge in [-0.2, -0.15) is 0 Å². The molecule has 0 radical (unpaired) electrons. The van der Waals surface area contributed by atoms with E-state index in [9.17, 15) is 14.4 Å². The van der Waals surface area contributed by atoms with Gasteiger partial charge < -0.3 is 5.11 Å². The van der Waals surface area contributed by atoms with Crippen molar-refractivity contribution in [3.05, 3.63) is 28.0 Å². The molecule has 1 aromatic heterocycles. The number of hydrogen-bond donors (Lipinski definition) is 1. The fourth-order valence-corrected chi connectivity index (χ4v) is 3.92. The van der Waals surface area contributed by atoms with Crippen molar-refractivity contribution in [1.29, 1.82) is 0 Å². The van der Waals surface area contributed by atoms with Gasteiger partial charge in [0.2, 0.25) is 11.8 Å². The Bertz CT molecular complexity index is 611. The Morgan fingerprint density at radius 1 is 1.33 bits per heavy atom. The number of aliphatic carboxylic acids is 1. The van der Waals surface area contributed by atoms with Gasteiger partial charge in [0.15, 0.2) is 0 Å². The molecule has 1 saturated carbocycles. The van der Waals surface area contributed by atoms with Gasteiger partial charge in [-0.25, -0.2) is 4.79 Å². The smallest absolute Gasteiger partial charge is 0.328 e. The van der Waals surface area contributed by atoms with Crippen LogP contribution in [0.25, 0.3) is 6.08 Å². The number of carboxylic acids is 1. The molecule has 1 aliphatic heterocycles. The molecule has 2 heterocycles. The third-order valence-corrected chi connectivity index (χ3v) is 5.07. The number of carbonyl (C=O) groups is 3. The Labute approximate surface area is 125 Å². The number of nitrogens with zero attached hydrogens (tertiary/aromatic N) is 1. The van der Waals surface area contributed by atoms with Gasteiger partial charge in [-0.1, -0.05) is 0 Å². The number of carbonyl (C=O) groups excluding carboxylic acids is 2. The van der Waals surface area contributed by atoms with Crippen molar-refractivity contribution in [2.75, 3.05) is 0 Å². The number of piperidine rings is 1. The molecule has 6 heteroatoms. The van der Waals surface area contributed by atoms with Crippen molar-refractivity contribution < 1.29 is 19.5 Å². The molecule has 3 rings (SSSR count). The Balaban J connectivity index is 1.80. The van der Waals surface area contributed by atoms with Crippen molar-refractivity contribution in [3.8, 4) is 0 Å². The van der Waals surface area contributed by atoms with Gasteiger partial charge in [0.05, 0.1) is 6.54 Å². The summed E-state index contributed by atoms with van der Waals surface area (Å²) < 4.78 is 0. The highest BCUT2D eigenvalue weighted by Crippen LogP contribution is 2.39. The van der Waals surface area contributed by atoms with Gasteiger partial charge in [-0.3, -0.25) is 14.5 Å². The number of amides is 2. The summed E-state index contributed by atoms with van der Waals surface area (Å²) in [6.45, 7) is 0.252. The molecule has 2 fully saturated rings. The first-order valence-corrected chi connectivity index (χ1v) is 7.77. The molecule has 1 saturated heterocycles. The van der Waals surface area contributed by atoms with Crippen LogP contribution in [0.3, 0.4) is 0 Å². The average Bonchev–Trinajstić information content (AvgIpc) is 3.07. The highest BCUT2D eigenvalue weighted by Gasteiger charge is 2.45. The molecule has 2 bridgehead atoms. The van der Waals surface area contributed by atoms with Crippen molar-refractivity contribution in [3.63, 3.8) is 0 Å². The summed E-state index contributed by atoms with van der Waals surface area (Å²) in [7, 11) is 0. The molecule has 1 aliphatic carbocycles. The lowest BCUT2D eigenvalue weighted by molar-refractivity contribution is -0.153. The summed E-state index contributed by atoms with van der Waals surface area (Å²) in [4.78, 5) is 37.4. The summed E-state index contributed by atoms with van der Waals surface area (Å²) in [5, 5.41) is 10.5. The SMILES string of the molecule is O=C(O)/C=C/c1ccsc1CN1C(=O)C2CCC(C2)C1=O. The van der Waals surface area contributed by atoms with Gasteiger partial charge >= 0.3 is 5.97 Å². The van der Waals surface area contributed by atoms with Crippen LogP contribution in [0.5, 0.6) is 0 Å². The first-order valence-electron chi connectivity index (χ1n) is 6.89. The van der Waals surface area contributed by atoms with Crippen LogP contribution in [0.1, 0.15) is 29.7 Å². The maximum absolute atomic E-state index is 12.3. The number of imide groups is 1. The van der Waals surface area contributed by atoms with E-state index in [-0.39, 0.29) is 30.2 Å². The maximum Gasteiger partial charge on any atom is 0.328 e. The molecular formula is C15H15NO4S. The molecular weight excluding hydrogens is 290 g/mol. The van der Waals surface area contributed by atoms with Crippen molar-refractivity contribution in [1.82, 2.24) is 4.90 Å². The average molecular weight is 305 g/mol. The molecule has 21 heavy (non-hydrogen) atoms. The number of fused-ring (bicyclic) bond motifs is 2. The second-order valence-electron chi connectivity index (χ2n) is 5.44. The maximum atomic E-state index is 12.3. The fourth-order valence-electron chi connectivity index (χ4n) is 3.07. The number of carboxylic acid groups (broad SMARTS) is 1. The predicted molar refractivity (Wildman–Crippen MR) is 77.4 cm³/mol. The van der Waals surface area contributed by atoms with E-state index >= 15 is 0 Å². The summed E-state index contributed by atoms with van der Waals surface area (Å²) in [5.41, 5.74) is 0.751. The zero-order valence-electron chi connectivity index (χ0n) is 11.3. The van der Waals surface area contributed by atoms with E-state index in [4.69, 9.17) is 5.11 Å². The highest BCUT2D eigenvalue weighted by molar-refractivity contribution is 7.10. The number of likely N-dealkylation sites (tertiary alicyclic amines) is 1. The fraction of sp³-hybridized carbons (Fsp3) is 0.400. The molecule has 110 valence electrons. The molecule has 5 nitrogen and oxygen atoms in total. The third kappa shape index (κ3) is 2.63. The van der Waals surface area contributed by atoms with E-state index in [0.29, 0.717) is 6.42 Å². The third-order valence-electron chi connectivity index (χ3n) is 4.15.